The number of rotatable bonds is 9. The average molecular weight is 564 g/mol. The third kappa shape index (κ3) is 6.73. The van der Waals surface area contributed by atoms with E-state index in [1.54, 1.807) is 27.8 Å². The second-order valence-electron chi connectivity index (χ2n) is 8.18. The first kappa shape index (κ1) is 31.3. The Balaban J connectivity index is 2.58. The van der Waals surface area contributed by atoms with Gasteiger partial charge in [-0.2, -0.15) is 34.8 Å². The quantitative estimate of drug-likeness (QED) is 0.161. The number of halogens is 6. The smallest absolute Gasteiger partial charge is 0.435 e. The van der Waals surface area contributed by atoms with E-state index in [-0.39, 0.29) is 5.75 Å². The number of carbonyl (C=O) groups excluding carboxylic acids is 2. The third-order valence-electron chi connectivity index (χ3n) is 5.60. The van der Waals surface area contributed by atoms with Crippen LogP contribution in [-0.4, -0.2) is 72.2 Å². The molecule has 0 aliphatic rings. The van der Waals surface area contributed by atoms with Gasteiger partial charge in [0.25, 0.3) is 10.1 Å². The number of hydrogen-bond donors (Lipinski definition) is 1. The van der Waals surface area contributed by atoms with E-state index in [9.17, 15) is 44.3 Å². The van der Waals surface area contributed by atoms with Crippen molar-refractivity contribution < 1.29 is 58.4 Å². The summed E-state index contributed by atoms with van der Waals surface area (Å²) in [6.07, 6.45) is -11.5. The minimum atomic E-state index is -6.51. The van der Waals surface area contributed by atoms with Crippen molar-refractivity contribution in [1.82, 2.24) is 0 Å². The first-order chi connectivity index (χ1) is 17.4. The first-order valence-electron chi connectivity index (χ1n) is 11.2. The van der Waals surface area contributed by atoms with Gasteiger partial charge < -0.3 is 9.47 Å². The van der Waals surface area contributed by atoms with Gasteiger partial charge in [0.2, 0.25) is 0 Å². The van der Waals surface area contributed by atoms with Crippen molar-refractivity contribution in [3.63, 3.8) is 0 Å². The Kier molecular flexibility index (Phi) is 9.42. The van der Waals surface area contributed by atoms with Gasteiger partial charge in [-0.1, -0.05) is 48.8 Å². The summed E-state index contributed by atoms with van der Waals surface area (Å²) in [6, 6.07) is 7.39. The van der Waals surface area contributed by atoms with Crippen LogP contribution in [0, 0.1) is 0 Å². The van der Waals surface area contributed by atoms with Crippen LogP contribution in [-0.2, 0) is 33.8 Å². The number of alkyl halides is 6. The predicted octanol–water partition coefficient (Wildman–Crippen LogP) is 1.21. The molecule has 0 unspecified atom stereocenters. The highest BCUT2D eigenvalue weighted by atomic mass is 32.2. The number of carbonyl (C=O) groups is 2. The predicted molar refractivity (Wildman–Crippen MR) is 131 cm³/mol. The molecule has 0 bridgehead atoms. The number of ether oxygens (including phenoxy) is 2. The second-order valence-corrected chi connectivity index (χ2v) is 9.63. The van der Waals surface area contributed by atoms with Gasteiger partial charge in [-0.15, -0.1) is 0 Å². The normalized spacial score (nSPS) is 12.7. The van der Waals surface area contributed by atoms with Crippen molar-refractivity contribution in [3.05, 3.63) is 64.2 Å². The van der Waals surface area contributed by atoms with Gasteiger partial charge in [0.1, 0.15) is 35.0 Å². The molecule has 2 aromatic carbocycles. The Morgan fingerprint density at radius 2 is 1.26 bits per heavy atom. The second kappa shape index (κ2) is 11.4. The fourth-order valence-corrected chi connectivity index (χ4v) is 4.51. The highest BCUT2D eigenvalue weighted by Crippen LogP contribution is 2.47. The Labute approximate surface area is 216 Å². The van der Waals surface area contributed by atoms with Gasteiger partial charge in [0, 0.05) is 0 Å². The van der Waals surface area contributed by atoms with Crippen LogP contribution >= 0.6 is 0 Å². The summed E-state index contributed by atoms with van der Waals surface area (Å²) in [7, 11) is -0.509. The van der Waals surface area contributed by atoms with Crippen molar-refractivity contribution in [2.75, 3.05) is 5.75 Å². The highest BCUT2D eigenvalue weighted by molar-refractivity contribution is 7.85. The van der Waals surface area contributed by atoms with Crippen LogP contribution in [0.15, 0.2) is 36.4 Å². The van der Waals surface area contributed by atoms with Crippen LogP contribution < -0.4 is 4.74 Å². The summed E-state index contributed by atoms with van der Waals surface area (Å²) < 4.78 is 122. The largest absolute Gasteiger partial charge is 0.438 e. The summed E-state index contributed by atoms with van der Waals surface area (Å²) in [5.74, 6) is -6.50. The Hall–Kier alpha value is -2.94. The van der Waals surface area contributed by atoms with E-state index < -0.39 is 56.9 Å². The molecule has 0 saturated heterocycles. The van der Waals surface area contributed by atoms with Crippen molar-refractivity contribution in [1.29, 1.82) is 0 Å². The monoisotopic (exact) mass is 564 g/mol. The standard InChI is InChI=1S/C21H21B3F6O7S/c22-7-11-5-12(8-23)16(13(6-11)9-24)36-17(31)14-3-1-2-4-15(14)18(32)37-19(20(25,26)27,21(28,29)30)10-38(33,34)35/h1-6H,7-10,22-24H2,(H,33,34,35). The van der Waals surface area contributed by atoms with Crippen LogP contribution in [0.5, 0.6) is 5.75 Å². The Bertz CT molecular complexity index is 1270. The zero-order valence-corrected chi connectivity index (χ0v) is 21.2. The van der Waals surface area contributed by atoms with E-state index in [4.69, 9.17) is 9.29 Å². The Morgan fingerprint density at radius 1 is 0.816 bits per heavy atom. The molecule has 38 heavy (non-hydrogen) atoms. The summed E-state index contributed by atoms with van der Waals surface area (Å²) >= 11 is 0. The fourth-order valence-electron chi connectivity index (χ4n) is 3.61. The van der Waals surface area contributed by atoms with E-state index in [2.05, 4.69) is 4.74 Å². The molecule has 17 heteroatoms. The lowest BCUT2D eigenvalue weighted by Crippen LogP contribution is -2.63. The van der Waals surface area contributed by atoms with Crippen molar-refractivity contribution in [3.8, 4) is 5.75 Å². The van der Waals surface area contributed by atoms with Crippen LogP contribution in [0.3, 0.4) is 0 Å². The van der Waals surface area contributed by atoms with E-state index in [1.165, 1.54) is 6.07 Å². The number of benzene rings is 2. The summed E-state index contributed by atoms with van der Waals surface area (Å²) in [4.78, 5) is 25.6. The van der Waals surface area contributed by atoms with Crippen LogP contribution in [0.25, 0.3) is 0 Å². The molecule has 0 aliphatic carbocycles. The van der Waals surface area contributed by atoms with E-state index >= 15 is 0 Å². The molecular formula is C21H21B3F6O7S. The maximum Gasteiger partial charge on any atom is 0.438 e. The average Bonchev–Trinajstić information content (AvgIpc) is 2.81. The maximum atomic E-state index is 13.6. The van der Waals surface area contributed by atoms with Gasteiger partial charge >= 0.3 is 29.9 Å². The van der Waals surface area contributed by atoms with Crippen molar-refractivity contribution >= 4 is 45.6 Å². The molecule has 0 spiro atoms. The van der Waals surface area contributed by atoms with Gasteiger partial charge in [-0.05, 0) is 23.3 Å². The number of hydrogen-bond acceptors (Lipinski definition) is 6. The SMILES string of the molecule is BCc1cc(CB)c(OC(=O)c2ccccc2C(=O)OC(CS(=O)(=O)O)(C(F)(F)F)C(F)(F)F)c(CB)c1. The van der Waals surface area contributed by atoms with E-state index in [0.29, 0.717) is 36.2 Å². The Morgan fingerprint density at radius 3 is 1.63 bits per heavy atom. The highest BCUT2D eigenvalue weighted by Gasteiger charge is 2.76. The molecule has 0 amide bonds. The van der Waals surface area contributed by atoms with Crippen LogP contribution in [0.2, 0.25) is 0 Å². The lowest BCUT2D eigenvalue weighted by molar-refractivity contribution is -0.356. The maximum absolute atomic E-state index is 13.6. The van der Waals surface area contributed by atoms with Crippen molar-refractivity contribution in [2.24, 2.45) is 0 Å². The molecule has 0 radical (unpaired) electrons. The van der Waals surface area contributed by atoms with Crippen LogP contribution in [0.4, 0.5) is 26.3 Å². The zero-order chi connectivity index (χ0) is 29.1. The van der Waals surface area contributed by atoms with Gasteiger partial charge in [0.05, 0.1) is 11.1 Å². The van der Waals surface area contributed by atoms with Crippen LogP contribution in [0.1, 0.15) is 37.4 Å². The first-order valence-corrected chi connectivity index (χ1v) is 12.8. The van der Waals surface area contributed by atoms with Crippen molar-refractivity contribution in [2.45, 2.75) is 36.9 Å². The van der Waals surface area contributed by atoms with Gasteiger partial charge in [-0.25, -0.2) is 9.59 Å². The molecular weight excluding hydrogens is 543 g/mol. The molecule has 2 aromatic rings. The molecule has 0 fully saturated rings. The summed E-state index contributed by atoms with van der Waals surface area (Å²) in [5.41, 5.74) is -5.25. The lowest BCUT2D eigenvalue weighted by Gasteiger charge is -2.35. The summed E-state index contributed by atoms with van der Waals surface area (Å²) in [6.45, 7) is 0. The molecule has 0 saturated carbocycles. The summed E-state index contributed by atoms with van der Waals surface area (Å²) in [5, 5.41) is 0. The minimum Gasteiger partial charge on any atom is -0.435 e. The van der Waals surface area contributed by atoms with Gasteiger partial charge in [-0.3, -0.25) is 4.55 Å². The topological polar surface area (TPSA) is 107 Å². The third-order valence-corrected chi connectivity index (χ3v) is 6.37. The van der Waals surface area contributed by atoms with Gasteiger partial charge in [0.15, 0.2) is 0 Å². The fraction of sp³-hybridized carbons (Fsp3) is 0.333. The zero-order valence-electron chi connectivity index (χ0n) is 20.4. The molecule has 204 valence electrons. The molecule has 0 atom stereocenters. The lowest BCUT2D eigenvalue weighted by atomic mass is 9.85. The molecule has 0 aromatic heterocycles. The molecule has 0 heterocycles. The molecule has 2 rings (SSSR count). The minimum absolute atomic E-state index is 0.131. The number of esters is 2. The van der Waals surface area contributed by atoms with E-state index in [1.807, 2.05) is 7.85 Å². The molecule has 1 N–H and O–H groups in total. The molecule has 0 aliphatic heterocycles. The molecule has 7 nitrogen and oxygen atoms in total. The van der Waals surface area contributed by atoms with E-state index in [0.717, 1.165) is 17.7 Å².